The summed E-state index contributed by atoms with van der Waals surface area (Å²) in [6.07, 6.45) is 9.65. The summed E-state index contributed by atoms with van der Waals surface area (Å²) in [6.45, 7) is 3.14. The highest BCUT2D eigenvalue weighted by atomic mass is 32.1. The monoisotopic (exact) mass is 245 g/mol. The quantitative estimate of drug-likeness (QED) is 0.461. The number of nitrogens with zero attached hydrogens (tertiary/aromatic N) is 1. The van der Waals surface area contributed by atoms with Crippen LogP contribution in [0.4, 0.5) is 0 Å². The Labute approximate surface area is 106 Å². The van der Waals surface area contributed by atoms with Gasteiger partial charge in [-0.15, -0.1) is 0 Å². The van der Waals surface area contributed by atoms with E-state index in [-0.39, 0.29) is 5.91 Å². The van der Waals surface area contributed by atoms with Crippen LogP contribution < -0.4 is 0 Å². The van der Waals surface area contributed by atoms with Gasteiger partial charge < -0.3 is 4.90 Å². The molecule has 0 rings (SSSR count). The van der Waals surface area contributed by atoms with Crippen LogP contribution in [-0.4, -0.2) is 30.2 Å². The molecule has 0 bridgehead atoms. The minimum Gasteiger partial charge on any atom is -0.346 e. The lowest BCUT2D eigenvalue weighted by Gasteiger charge is -2.16. The molecule has 0 heterocycles. The Morgan fingerprint density at radius 2 is 1.62 bits per heavy atom. The normalized spacial score (nSPS) is 10.4. The molecule has 0 saturated heterocycles. The minimum absolute atomic E-state index is 0.223. The van der Waals surface area contributed by atoms with Crippen molar-refractivity contribution in [1.82, 2.24) is 4.90 Å². The van der Waals surface area contributed by atoms with E-state index in [0.29, 0.717) is 12.2 Å². The van der Waals surface area contributed by atoms with Gasteiger partial charge in [0.2, 0.25) is 5.91 Å². The van der Waals surface area contributed by atoms with Gasteiger partial charge in [-0.25, -0.2) is 0 Å². The summed E-state index contributed by atoms with van der Waals surface area (Å²) in [5.41, 5.74) is 0. The molecule has 0 aromatic rings. The number of amides is 1. The molecule has 0 aromatic carbocycles. The molecule has 96 valence electrons. The van der Waals surface area contributed by atoms with Crippen molar-refractivity contribution in [3.05, 3.63) is 0 Å². The van der Waals surface area contributed by atoms with Gasteiger partial charge in [0.1, 0.15) is 0 Å². The van der Waals surface area contributed by atoms with E-state index in [4.69, 9.17) is 0 Å². The second-order valence-electron chi connectivity index (χ2n) is 4.41. The van der Waals surface area contributed by atoms with Crippen molar-refractivity contribution in [2.45, 2.75) is 58.3 Å². The maximum Gasteiger partial charge on any atom is 0.223 e. The predicted molar refractivity (Wildman–Crippen MR) is 74.1 cm³/mol. The molecule has 0 atom stereocenters. The van der Waals surface area contributed by atoms with Crippen molar-refractivity contribution in [1.29, 1.82) is 0 Å². The zero-order valence-corrected chi connectivity index (χ0v) is 11.8. The fraction of sp³-hybridized carbons (Fsp3) is 0.923. The van der Waals surface area contributed by atoms with Gasteiger partial charge in [-0.3, -0.25) is 4.79 Å². The molecule has 0 aliphatic heterocycles. The van der Waals surface area contributed by atoms with Gasteiger partial charge in [0.15, 0.2) is 0 Å². The molecule has 2 nitrogen and oxygen atoms in total. The summed E-state index contributed by atoms with van der Waals surface area (Å²) in [5.74, 6) is 0.876. The van der Waals surface area contributed by atoms with E-state index in [2.05, 4.69) is 19.6 Å². The van der Waals surface area contributed by atoms with Crippen LogP contribution in [-0.2, 0) is 4.79 Å². The van der Waals surface area contributed by atoms with Gasteiger partial charge in [-0.1, -0.05) is 45.4 Å². The smallest absolute Gasteiger partial charge is 0.223 e. The first-order valence-corrected chi connectivity index (χ1v) is 7.20. The number of carbonyl (C=O) groups excluding carboxylic acids is 1. The molecule has 0 aliphatic rings. The molecule has 0 aromatic heterocycles. The Morgan fingerprint density at radius 3 is 2.19 bits per heavy atom. The van der Waals surface area contributed by atoms with Crippen molar-refractivity contribution in [2.24, 2.45) is 0 Å². The number of thiol groups is 1. The predicted octanol–water partition coefficient (Wildman–Crippen LogP) is 3.52. The molecule has 0 spiro atoms. The lowest BCUT2D eigenvalue weighted by molar-refractivity contribution is -0.129. The van der Waals surface area contributed by atoms with Crippen molar-refractivity contribution >= 4 is 18.5 Å². The Hall–Kier alpha value is -0.180. The van der Waals surface area contributed by atoms with Gasteiger partial charge in [-0.2, -0.15) is 12.6 Å². The largest absolute Gasteiger partial charge is 0.346 e. The lowest BCUT2D eigenvalue weighted by atomic mass is 10.1. The Bertz CT molecular complexity index is 173. The second kappa shape index (κ2) is 11.3. The first-order valence-electron chi connectivity index (χ1n) is 6.57. The van der Waals surface area contributed by atoms with Crippen LogP contribution in [0.5, 0.6) is 0 Å². The van der Waals surface area contributed by atoms with Crippen LogP contribution >= 0.6 is 12.6 Å². The molecule has 0 fully saturated rings. The average Bonchev–Trinajstić information content (AvgIpc) is 2.28. The summed E-state index contributed by atoms with van der Waals surface area (Å²) in [5, 5.41) is 0. The molecule has 0 aliphatic carbocycles. The number of hydrogen-bond acceptors (Lipinski definition) is 2. The molecule has 3 heteroatoms. The molecule has 0 unspecified atom stereocenters. The standard InChI is InChI=1S/C13H27NOS/c1-3-4-5-6-7-8-9-11-14(2)13(15)10-12-16/h16H,3-12H2,1-2H3. The number of hydrogen-bond donors (Lipinski definition) is 1. The van der Waals surface area contributed by atoms with E-state index in [1.54, 1.807) is 0 Å². The van der Waals surface area contributed by atoms with E-state index in [0.717, 1.165) is 13.0 Å². The maximum absolute atomic E-state index is 11.4. The lowest BCUT2D eigenvalue weighted by Crippen LogP contribution is -2.27. The number of rotatable bonds is 10. The van der Waals surface area contributed by atoms with Crippen LogP contribution in [0.3, 0.4) is 0 Å². The second-order valence-corrected chi connectivity index (χ2v) is 4.86. The van der Waals surface area contributed by atoms with E-state index in [1.165, 1.54) is 38.5 Å². The third-order valence-electron chi connectivity index (χ3n) is 2.85. The van der Waals surface area contributed by atoms with E-state index < -0.39 is 0 Å². The highest BCUT2D eigenvalue weighted by molar-refractivity contribution is 7.80. The zero-order valence-electron chi connectivity index (χ0n) is 10.9. The summed E-state index contributed by atoms with van der Waals surface area (Å²) in [4.78, 5) is 13.3. The van der Waals surface area contributed by atoms with Gasteiger partial charge in [0.25, 0.3) is 0 Å². The molecule has 0 radical (unpaired) electrons. The molecule has 0 N–H and O–H groups in total. The Balaban J connectivity index is 3.27. The summed E-state index contributed by atoms with van der Waals surface area (Å²) in [6, 6.07) is 0. The average molecular weight is 245 g/mol. The van der Waals surface area contributed by atoms with Crippen LogP contribution in [0.1, 0.15) is 58.3 Å². The summed E-state index contributed by atoms with van der Waals surface area (Å²) >= 11 is 4.06. The van der Waals surface area contributed by atoms with Crippen molar-refractivity contribution in [3.63, 3.8) is 0 Å². The fourth-order valence-electron chi connectivity index (χ4n) is 1.72. The van der Waals surface area contributed by atoms with Gasteiger partial charge in [-0.05, 0) is 12.2 Å². The third-order valence-corrected chi connectivity index (χ3v) is 3.07. The Morgan fingerprint density at radius 1 is 1.06 bits per heavy atom. The minimum atomic E-state index is 0.223. The SMILES string of the molecule is CCCCCCCCCN(C)C(=O)CCS. The summed E-state index contributed by atoms with van der Waals surface area (Å²) < 4.78 is 0. The van der Waals surface area contributed by atoms with Crippen molar-refractivity contribution in [3.8, 4) is 0 Å². The van der Waals surface area contributed by atoms with Crippen molar-refractivity contribution < 1.29 is 4.79 Å². The fourth-order valence-corrected chi connectivity index (χ4v) is 1.91. The number of unbranched alkanes of at least 4 members (excludes halogenated alkanes) is 6. The van der Waals surface area contributed by atoms with Gasteiger partial charge >= 0.3 is 0 Å². The third kappa shape index (κ3) is 9.08. The number of carbonyl (C=O) groups is 1. The van der Waals surface area contributed by atoms with E-state index in [1.807, 2.05) is 11.9 Å². The molecule has 16 heavy (non-hydrogen) atoms. The van der Waals surface area contributed by atoms with Crippen LogP contribution in [0.2, 0.25) is 0 Å². The van der Waals surface area contributed by atoms with E-state index >= 15 is 0 Å². The van der Waals surface area contributed by atoms with Gasteiger partial charge in [0, 0.05) is 20.0 Å². The van der Waals surface area contributed by atoms with Gasteiger partial charge in [0.05, 0.1) is 0 Å². The highest BCUT2D eigenvalue weighted by Gasteiger charge is 2.05. The van der Waals surface area contributed by atoms with Crippen LogP contribution in [0.25, 0.3) is 0 Å². The maximum atomic E-state index is 11.4. The first kappa shape index (κ1) is 15.8. The zero-order chi connectivity index (χ0) is 12.2. The molecular weight excluding hydrogens is 218 g/mol. The molecule has 0 saturated carbocycles. The Kier molecular flexibility index (Phi) is 11.2. The van der Waals surface area contributed by atoms with E-state index in [9.17, 15) is 4.79 Å². The van der Waals surface area contributed by atoms with Crippen LogP contribution in [0.15, 0.2) is 0 Å². The first-order chi connectivity index (χ1) is 7.72. The summed E-state index contributed by atoms with van der Waals surface area (Å²) in [7, 11) is 1.89. The topological polar surface area (TPSA) is 20.3 Å². The van der Waals surface area contributed by atoms with Crippen LogP contribution in [0, 0.1) is 0 Å². The molecule has 1 amide bonds. The highest BCUT2D eigenvalue weighted by Crippen LogP contribution is 2.07. The molecular formula is C13H27NOS. The van der Waals surface area contributed by atoms with Crippen molar-refractivity contribution in [2.75, 3.05) is 19.3 Å².